The van der Waals surface area contributed by atoms with Gasteiger partial charge in [0.15, 0.2) is 5.82 Å². The van der Waals surface area contributed by atoms with Crippen LogP contribution in [0.4, 0.5) is 15.8 Å². The van der Waals surface area contributed by atoms with Crippen LogP contribution in [0.5, 0.6) is 5.88 Å². The number of aromatic hydroxyl groups is 1. The zero-order valence-electron chi connectivity index (χ0n) is 18.5. The molecule has 11 heteroatoms. The van der Waals surface area contributed by atoms with Gasteiger partial charge in [-0.2, -0.15) is 4.52 Å². The molecule has 1 aliphatic heterocycles. The van der Waals surface area contributed by atoms with Crippen LogP contribution >= 0.6 is 11.3 Å². The number of fused-ring (bicyclic) bond motifs is 1. The van der Waals surface area contributed by atoms with Gasteiger partial charge in [-0.15, -0.1) is 5.10 Å². The van der Waals surface area contributed by atoms with Crippen LogP contribution in [-0.4, -0.2) is 55.7 Å². The zero-order chi connectivity index (χ0) is 23.8. The average Bonchev–Trinajstić information content (AvgIpc) is 3.39. The molecule has 0 radical (unpaired) electrons. The highest BCUT2D eigenvalue weighted by molar-refractivity contribution is 7.17. The number of thiazole rings is 1. The van der Waals surface area contributed by atoms with Crippen LogP contribution in [0.2, 0.25) is 0 Å². The first kappa shape index (κ1) is 22.2. The maximum atomic E-state index is 14.3. The number of piperazine rings is 1. The topological polar surface area (TPSA) is 100 Å². The number of halogens is 1. The molecule has 1 saturated heterocycles. The molecule has 0 saturated carbocycles. The Morgan fingerprint density at radius 1 is 1.15 bits per heavy atom. The normalized spacial score (nSPS) is 15.6. The van der Waals surface area contributed by atoms with Crippen molar-refractivity contribution < 1.29 is 14.4 Å². The third kappa shape index (κ3) is 3.97. The molecule has 0 bridgehead atoms. The lowest BCUT2D eigenvalue weighted by Gasteiger charge is -2.40. The molecule has 3 heterocycles. The Labute approximate surface area is 198 Å². The number of nitro groups is 1. The highest BCUT2D eigenvalue weighted by Crippen LogP contribution is 2.41. The first-order valence-electron chi connectivity index (χ1n) is 11.0. The molecule has 1 fully saturated rings. The molecule has 9 nitrogen and oxygen atoms in total. The van der Waals surface area contributed by atoms with Crippen molar-refractivity contribution >= 4 is 27.7 Å². The summed E-state index contributed by atoms with van der Waals surface area (Å²) in [6.07, 6.45) is 0.660. The van der Waals surface area contributed by atoms with Gasteiger partial charge in [-0.25, -0.2) is 9.37 Å². The Bertz CT molecular complexity index is 1330. The summed E-state index contributed by atoms with van der Waals surface area (Å²) in [6, 6.07) is 12.8. The smallest absolute Gasteiger partial charge is 0.269 e. The molecule has 2 aromatic heterocycles. The molecule has 2 aromatic carbocycles. The van der Waals surface area contributed by atoms with E-state index < -0.39 is 4.92 Å². The predicted octanol–water partition coefficient (Wildman–Crippen LogP) is 4.02. The van der Waals surface area contributed by atoms with Gasteiger partial charge in [-0.1, -0.05) is 42.5 Å². The number of nitrogens with zero attached hydrogens (tertiary/aromatic N) is 6. The number of aromatic nitrogens is 3. The second-order valence-corrected chi connectivity index (χ2v) is 9.10. The fraction of sp³-hybridized carbons (Fsp3) is 0.304. The van der Waals surface area contributed by atoms with E-state index in [9.17, 15) is 19.6 Å². The summed E-state index contributed by atoms with van der Waals surface area (Å²) >= 11 is 1.36. The van der Waals surface area contributed by atoms with E-state index in [1.165, 1.54) is 34.1 Å². The molecule has 1 atom stereocenters. The molecule has 176 valence electrons. The lowest BCUT2D eigenvalue weighted by atomic mass is 10.0. The monoisotopic (exact) mass is 482 g/mol. The molecule has 4 aromatic rings. The highest BCUT2D eigenvalue weighted by atomic mass is 32.1. The summed E-state index contributed by atoms with van der Waals surface area (Å²) in [5, 5.41) is 26.6. The number of hydrogen-bond acceptors (Lipinski definition) is 8. The highest BCUT2D eigenvalue weighted by Gasteiger charge is 2.32. The van der Waals surface area contributed by atoms with Gasteiger partial charge in [0.1, 0.15) is 5.82 Å². The van der Waals surface area contributed by atoms with Gasteiger partial charge in [0.25, 0.3) is 5.69 Å². The minimum absolute atomic E-state index is 0.00586. The third-order valence-electron chi connectivity index (χ3n) is 6.10. The summed E-state index contributed by atoms with van der Waals surface area (Å²) in [7, 11) is 0. The molecule has 34 heavy (non-hydrogen) atoms. The van der Waals surface area contributed by atoms with E-state index in [0.29, 0.717) is 53.9 Å². The van der Waals surface area contributed by atoms with Crippen LogP contribution < -0.4 is 4.90 Å². The number of aryl methyl sites for hydroxylation is 1. The van der Waals surface area contributed by atoms with Crippen LogP contribution in [0.15, 0.2) is 48.5 Å². The largest absolute Gasteiger partial charge is 0.492 e. The van der Waals surface area contributed by atoms with Crippen LogP contribution in [0.25, 0.3) is 4.96 Å². The van der Waals surface area contributed by atoms with Gasteiger partial charge >= 0.3 is 0 Å². The fourth-order valence-corrected chi connectivity index (χ4v) is 5.49. The lowest BCUT2D eigenvalue weighted by molar-refractivity contribution is -0.384. The molecular weight excluding hydrogens is 459 g/mol. The second kappa shape index (κ2) is 8.99. The number of benzene rings is 2. The first-order chi connectivity index (χ1) is 16.5. The number of hydrogen-bond donors (Lipinski definition) is 1. The molecular formula is C23H23FN6O3S. The Morgan fingerprint density at radius 3 is 2.47 bits per heavy atom. The molecule has 0 amide bonds. The Morgan fingerprint density at radius 2 is 1.85 bits per heavy atom. The molecule has 1 aliphatic rings. The first-order valence-corrected chi connectivity index (χ1v) is 11.8. The minimum atomic E-state index is -0.432. The fourth-order valence-electron chi connectivity index (χ4n) is 4.35. The summed E-state index contributed by atoms with van der Waals surface area (Å²) in [4.78, 5) is 20.7. The average molecular weight is 483 g/mol. The van der Waals surface area contributed by atoms with E-state index in [0.717, 1.165) is 5.56 Å². The number of para-hydroxylation sites is 1. The van der Waals surface area contributed by atoms with Crippen molar-refractivity contribution in [3.63, 3.8) is 0 Å². The van der Waals surface area contributed by atoms with Crippen LogP contribution in [-0.2, 0) is 6.42 Å². The molecule has 1 unspecified atom stereocenters. The van der Waals surface area contributed by atoms with Crippen molar-refractivity contribution in [1.29, 1.82) is 0 Å². The van der Waals surface area contributed by atoms with E-state index in [1.54, 1.807) is 24.3 Å². The van der Waals surface area contributed by atoms with Crippen molar-refractivity contribution in [1.82, 2.24) is 19.5 Å². The third-order valence-corrected chi connectivity index (χ3v) is 7.17. The Kier molecular flexibility index (Phi) is 5.88. The molecule has 5 rings (SSSR count). The van der Waals surface area contributed by atoms with Crippen LogP contribution in [0, 0.1) is 15.9 Å². The quantitative estimate of drug-likeness (QED) is 0.327. The van der Waals surface area contributed by atoms with Gasteiger partial charge in [-0.3, -0.25) is 15.0 Å². The maximum absolute atomic E-state index is 14.3. The molecule has 0 aliphatic carbocycles. The van der Waals surface area contributed by atoms with Crippen molar-refractivity contribution in [3.05, 3.63) is 80.7 Å². The Hall–Kier alpha value is -3.57. The number of non-ortho nitro benzene ring substituents is 1. The van der Waals surface area contributed by atoms with Gasteiger partial charge in [0.2, 0.25) is 10.8 Å². The van der Waals surface area contributed by atoms with Gasteiger partial charge in [-0.05, 0) is 17.7 Å². The number of rotatable bonds is 6. The number of nitro benzene ring substituents is 1. The van der Waals surface area contributed by atoms with E-state index in [1.807, 2.05) is 17.9 Å². The van der Waals surface area contributed by atoms with Gasteiger partial charge in [0, 0.05) is 44.7 Å². The van der Waals surface area contributed by atoms with Crippen molar-refractivity contribution in [3.8, 4) is 5.88 Å². The molecule has 1 N–H and O–H groups in total. The summed E-state index contributed by atoms with van der Waals surface area (Å²) in [6.45, 7) is 4.39. The van der Waals surface area contributed by atoms with Crippen LogP contribution in [0.3, 0.4) is 0 Å². The molecule has 0 spiro atoms. The van der Waals surface area contributed by atoms with Crippen molar-refractivity contribution in [2.45, 2.75) is 19.4 Å². The SMILES string of the molecule is CCc1nc2sc(C(c3ccc([N+](=O)[O-])cc3)N3CCN(c4ccccc4F)CC3)c(O)n2n1. The van der Waals surface area contributed by atoms with E-state index in [4.69, 9.17) is 0 Å². The standard InChI is InChI=1S/C23H23FN6O3S/c1-2-19-25-23-29(26-19)22(31)21(34-23)20(15-7-9-16(10-8-15)30(32)33)28-13-11-27(12-14-28)18-6-4-3-5-17(18)24/h3-10,20,31H,2,11-14H2,1H3. The summed E-state index contributed by atoms with van der Waals surface area (Å²) in [5.74, 6) is 0.420. The zero-order valence-corrected chi connectivity index (χ0v) is 19.3. The van der Waals surface area contributed by atoms with Gasteiger partial charge < -0.3 is 10.0 Å². The lowest BCUT2D eigenvalue weighted by Crippen LogP contribution is -2.48. The van der Waals surface area contributed by atoms with E-state index >= 15 is 0 Å². The Balaban J connectivity index is 1.49. The predicted molar refractivity (Wildman–Crippen MR) is 127 cm³/mol. The second-order valence-electron chi connectivity index (χ2n) is 8.09. The van der Waals surface area contributed by atoms with Crippen molar-refractivity contribution in [2.75, 3.05) is 31.1 Å². The summed E-state index contributed by atoms with van der Waals surface area (Å²) < 4.78 is 15.8. The van der Waals surface area contributed by atoms with E-state index in [-0.39, 0.29) is 23.4 Å². The van der Waals surface area contributed by atoms with Crippen LogP contribution in [0.1, 0.15) is 29.2 Å². The van der Waals surface area contributed by atoms with Crippen molar-refractivity contribution in [2.24, 2.45) is 0 Å². The number of anilines is 1. The maximum Gasteiger partial charge on any atom is 0.269 e. The summed E-state index contributed by atoms with van der Waals surface area (Å²) in [5.41, 5.74) is 1.40. The van der Waals surface area contributed by atoms with E-state index in [2.05, 4.69) is 15.0 Å². The van der Waals surface area contributed by atoms with Gasteiger partial charge in [0.05, 0.1) is 21.5 Å². The minimum Gasteiger partial charge on any atom is -0.492 e.